The molecule has 0 radical (unpaired) electrons. The van der Waals surface area contributed by atoms with E-state index >= 15 is 0 Å². The number of nitrogens with one attached hydrogen (secondary N) is 2. The summed E-state index contributed by atoms with van der Waals surface area (Å²) in [6, 6.07) is 1.40. The molecule has 0 aromatic heterocycles. The van der Waals surface area contributed by atoms with Crippen LogP contribution in [0.25, 0.3) is 0 Å². The molecule has 5 nitrogen and oxygen atoms in total. The number of carbonyl (C=O) groups is 2. The fourth-order valence-corrected chi connectivity index (χ4v) is 1.50. The Bertz CT molecular complexity index is 563. The largest absolute Gasteiger partial charge is 0.478 e. The van der Waals surface area contributed by atoms with Gasteiger partial charge in [0.1, 0.15) is 0 Å². The van der Waals surface area contributed by atoms with E-state index in [9.17, 15) is 22.8 Å². The van der Waals surface area contributed by atoms with E-state index in [1.54, 1.807) is 20.8 Å². The molecule has 116 valence electrons. The highest BCUT2D eigenvalue weighted by atomic mass is 19.4. The zero-order valence-electron chi connectivity index (χ0n) is 11.6. The molecule has 0 saturated carbocycles. The van der Waals surface area contributed by atoms with E-state index in [1.807, 2.05) is 0 Å². The van der Waals surface area contributed by atoms with Crippen molar-refractivity contribution >= 4 is 17.7 Å². The van der Waals surface area contributed by atoms with Gasteiger partial charge in [-0.2, -0.15) is 13.2 Å². The molecule has 0 aliphatic rings. The van der Waals surface area contributed by atoms with Gasteiger partial charge >= 0.3 is 18.2 Å². The summed E-state index contributed by atoms with van der Waals surface area (Å²) in [5.41, 5.74) is -2.51. The Morgan fingerprint density at radius 3 is 2.14 bits per heavy atom. The summed E-state index contributed by atoms with van der Waals surface area (Å²) in [5.74, 6) is -1.56. The minimum atomic E-state index is -4.66. The number of urea groups is 1. The summed E-state index contributed by atoms with van der Waals surface area (Å²) in [6.45, 7) is 5.12. The number of halogens is 3. The lowest BCUT2D eigenvalue weighted by Crippen LogP contribution is -2.43. The summed E-state index contributed by atoms with van der Waals surface area (Å²) in [7, 11) is 0. The summed E-state index contributed by atoms with van der Waals surface area (Å²) in [4.78, 5) is 22.7. The van der Waals surface area contributed by atoms with Crippen molar-refractivity contribution in [1.82, 2.24) is 5.32 Å². The molecule has 1 rings (SSSR count). The van der Waals surface area contributed by atoms with Crippen LogP contribution in [0.15, 0.2) is 18.2 Å². The summed E-state index contributed by atoms with van der Waals surface area (Å²) >= 11 is 0. The molecule has 0 bridgehead atoms. The molecule has 2 amide bonds. The number of rotatable bonds is 2. The van der Waals surface area contributed by atoms with Crippen LogP contribution >= 0.6 is 0 Å². The fourth-order valence-electron chi connectivity index (χ4n) is 1.50. The van der Waals surface area contributed by atoms with Crippen LogP contribution in [0, 0.1) is 0 Å². The number of anilines is 1. The van der Waals surface area contributed by atoms with Crippen LogP contribution in [0.2, 0.25) is 0 Å². The first-order valence-corrected chi connectivity index (χ1v) is 5.94. The van der Waals surface area contributed by atoms with Crippen molar-refractivity contribution in [2.24, 2.45) is 0 Å². The Hall–Kier alpha value is -2.25. The van der Waals surface area contributed by atoms with Gasteiger partial charge in [-0.05, 0) is 39.0 Å². The first kappa shape index (κ1) is 16.8. The van der Waals surface area contributed by atoms with E-state index in [-0.39, 0.29) is 5.69 Å². The second-order valence-electron chi connectivity index (χ2n) is 5.39. The number of carboxylic acids is 1. The number of aromatic carboxylic acids is 1. The first-order chi connectivity index (χ1) is 9.40. The molecule has 1 aromatic rings. The highest BCUT2D eigenvalue weighted by Crippen LogP contribution is 2.31. The first-order valence-electron chi connectivity index (χ1n) is 5.94. The molecule has 0 fully saturated rings. The minimum Gasteiger partial charge on any atom is -0.478 e. The number of alkyl halides is 3. The average molecular weight is 304 g/mol. The van der Waals surface area contributed by atoms with Crippen LogP contribution in [0.4, 0.5) is 23.7 Å². The van der Waals surface area contributed by atoms with Gasteiger partial charge in [-0.25, -0.2) is 9.59 Å². The molecule has 0 spiro atoms. The SMILES string of the molecule is CC(C)(C)NC(=O)Nc1ccc(C(F)(F)F)cc1C(=O)O. The molecular weight excluding hydrogens is 289 g/mol. The minimum absolute atomic E-state index is 0.211. The van der Waals surface area contributed by atoms with Crippen molar-refractivity contribution in [2.75, 3.05) is 5.32 Å². The van der Waals surface area contributed by atoms with E-state index in [4.69, 9.17) is 5.11 Å². The molecule has 21 heavy (non-hydrogen) atoms. The van der Waals surface area contributed by atoms with E-state index < -0.39 is 34.8 Å². The lowest BCUT2D eigenvalue weighted by atomic mass is 10.1. The normalized spacial score (nSPS) is 11.9. The van der Waals surface area contributed by atoms with Crippen molar-refractivity contribution in [3.63, 3.8) is 0 Å². The Labute approximate surface area is 119 Å². The molecule has 0 aliphatic carbocycles. The van der Waals surface area contributed by atoms with Gasteiger partial charge in [0, 0.05) is 5.54 Å². The second-order valence-corrected chi connectivity index (χ2v) is 5.39. The van der Waals surface area contributed by atoms with Gasteiger partial charge in [0.25, 0.3) is 0 Å². The maximum atomic E-state index is 12.6. The second kappa shape index (κ2) is 5.63. The van der Waals surface area contributed by atoms with Gasteiger partial charge in [-0.3, -0.25) is 0 Å². The molecule has 0 unspecified atom stereocenters. The quantitative estimate of drug-likeness (QED) is 0.784. The third kappa shape index (κ3) is 4.97. The monoisotopic (exact) mass is 304 g/mol. The zero-order chi connectivity index (χ0) is 16.4. The standard InChI is InChI=1S/C13H15F3N2O3/c1-12(2,3)18-11(21)17-9-5-4-7(13(14,15)16)6-8(9)10(19)20/h4-6H,1-3H3,(H,19,20)(H2,17,18,21). The summed E-state index contributed by atoms with van der Waals surface area (Å²) in [6.07, 6.45) is -4.66. The summed E-state index contributed by atoms with van der Waals surface area (Å²) in [5, 5.41) is 13.7. The van der Waals surface area contributed by atoms with E-state index in [1.165, 1.54) is 0 Å². The Morgan fingerprint density at radius 2 is 1.71 bits per heavy atom. The van der Waals surface area contributed by atoms with Crippen molar-refractivity contribution in [1.29, 1.82) is 0 Å². The lowest BCUT2D eigenvalue weighted by molar-refractivity contribution is -0.137. The van der Waals surface area contributed by atoms with Gasteiger partial charge in [0.2, 0.25) is 0 Å². The van der Waals surface area contributed by atoms with Gasteiger partial charge < -0.3 is 15.7 Å². The third-order valence-corrected chi connectivity index (χ3v) is 2.31. The number of hydrogen-bond donors (Lipinski definition) is 3. The van der Waals surface area contributed by atoms with Crippen LogP contribution in [0.3, 0.4) is 0 Å². The number of carboxylic acid groups (broad SMARTS) is 1. The molecule has 8 heteroatoms. The van der Waals surface area contributed by atoms with Gasteiger partial charge in [0.05, 0.1) is 16.8 Å². The van der Waals surface area contributed by atoms with Crippen molar-refractivity contribution < 1.29 is 27.9 Å². The molecule has 0 aliphatic heterocycles. The lowest BCUT2D eigenvalue weighted by Gasteiger charge is -2.21. The van der Waals surface area contributed by atoms with E-state index in [2.05, 4.69) is 10.6 Å². The number of carbonyl (C=O) groups excluding carboxylic acids is 1. The smallest absolute Gasteiger partial charge is 0.416 e. The van der Waals surface area contributed by atoms with Crippen molar-refractivity contribution in [2.45, 2.75) is 32.5 Å². The Balaban J connectivity index is 3.08. The van der Waals surface area contributed by atoms with Crippen LogP contribution in [-0.4, -0.2) is 22.6 Å². The van der Waals surface area contributed by atoms with Crippen molar-refractivity contribution in [3.8, 4) is 0 Å². The number of hydrogen-bond acceptors (Lipinski definition) is 2. The van der Waals surface area contributed by atoms with Crippen LogP contribution in [-0.2, 0) is 6.18 Å². The predicted octanol–water partition coefficient (Wildman–Crippen LogP) is 3.32. The Kier molecular flexibility index (Phi) is 4.50. The number of amides is 2. The molecule has 0 heterocycles. The maximum Gasteiger partial charge on any atom is 0.416 e. The average Bonchev–Trinajstić information content (AvgIpc) is 2.24. The number of benzene rings is 1. The van der Waals surface area contributed by atoms with Crippen LogP contribution < -0.4 is 10.6 Å². The van der Waals surface area contributed by atoms with Gasteiger partial charge in [-0.15, -0.1) is 0 Å². The molecule has 1 aromatic carbocycles. The molecule has 0 atom stereocenters. The maximum absolute atomic E-state index is 12.6. The summed E-state index contributed by atoms with van der Waals surface area (Å²) < 4.78 is 37.7. The molecular formula is C13H15F3N2O3. The molecule has 3 N–H and O–H groups in total. The fraction of sp³-hybridized carbons (Fsp3) is 0.385. The Morgan fingerprint density at radius 1 is 1.14 bits per heavy atom. The molecule has 0 saturated heterocycles. The topological polar surface area (TPSA) is 78.4 Å². The van der Waals surface area contributed by atoms with Crippen LogP contribution in [0.5, 0.6) is 0 Å². The predicted molar refractivity (Wildman–Crippen MR) is 70.3 cm³/mol. The van der Waals surface area contributed by atoms with Crippen LogP contribution in [0.1, 0.15) is 36.7 Å². The van der Waals surface area contributed by atoms with Crippen molar-refractivity contribution in [3.05, 3.63) is 29.3 Å². The third-order valence-electron chi connectivity index (χ3n) is 2.31. The zero-order valence-corrected chi connectivity index (χ0v) is 11.6. The van der Waals surface area contributed by atoms with Gasteiger partial charge in [-0.1, -0.05) is 0 Å². The van der Waals surface area contributed by atoms with E-state index in [0.717, 1.165) is 6.07 Å². The highest BCUT2D eigenvalue weighted by Gasteiger charge is 2.32. The highest BCUT2D eigenvalue weighted by molar-refractivity contribution is 6.00. The van der Waals surface area contributed by atoms with E-state index in [0.29, 0.717) is 12.1 Å². The van der Waals surface area contributed by atoms with Gasteiger partial charge in [0.15, 0.2) is 0 Å².